The van der Waals surface area contributed by atoms with Crippen LogP contribution in [0.15, 0.2) is 59.5 Å². The third kappa shape index (κ3) is 5.34. The van der Waals surface area contributed by atoms with E-state index in [9.17, 15) is 33.3 Å². The first kappa shape index (κ1) is 27.5. The van der Waals surface area contributed by atoms with Crippen LogP contribution in [-0.2, 0) is 29.5 Å². The quantitative estimate of drug-likeness (QED) is 0.336. The number of fused-ring (bicyclic) bond motifs is 1. The van der Waals surface area contributed by atoms with Crippen molar-refractivity contribution in [2.45, 2.75) is 43.7 Å². The first-order chi connectivity index (χ1) is 19.2. The van der Waals surface area contributed by atoms with Crippen LogP contribution in [0.2, 0.25) is 0 Å². The number of carbonyl (C=O) groups is 2. The lowest BCUT2D eigenvalue weighted by Crippen LogP contribution is -2.37. The molecule has 0 atom stereocenters. The van der Waals surface area contributed by atoms with Gasteiger partial charge in [0.2, 0.25) is 15.8 Å². The minimum Gasteiger partial charge on any atom is -0.504 e. The molecule has 2 amide bonds. The Morgan fingerprint density at radius 1 is 0.800 bits per heavy atom. The number of phenolic OH excluding ortho intramolecular Hbond substituents is 3. The van der Waals surface area contributed by atoms with Crippen LogP contribution in [0.25, 0.3) is 0 Å². The van der Waals surface area contributed by atoms with E-state index in [0.29, 0.717) is 25.1 Å². The summed E-state index contributed by atoms with van der Waals surface area (Å²) in [6.45, 7) is 1.47. The number of amides is 2. The number of nitrogens with one attached hydrogen (secondary N) is 1. The predicted molar refractivity (Wildman–Crippen MR) is 147 cm³/mol. The molecule has 0 spiro atoms. The molecule has 10 nitrogen and oxygen atoms in total. The summed E-state index contributed by atoms with van der Waals surface area (Å²) < 4.78 is 27.9. The zero-order valence-corrected chi connectivity index (χ0v) is 22.7. The number of carbonyl (C=O) groups excluding carboxylic acids is 2. The molecule has 5 rings (SSSR count). The standard InChI is InChI=1S/C29H31N3O7S/c33-25-23(28(36)30-17-19-7-3-1-4-8-19)16-24(26(34)27(25)35)29(37)31-14-11-20-9-10-22(15-21(20)18-31)40(38,39)32-12-5-2-6-13-32/h1,3-4,7-10,15-16,33-35H,2,5-6,11-14,17-18H2,(H,30,36). The zero-order valence-electron chi connectivity index (χ0n) is 21.8. The van der Waals surface area contributed by atoms with Gasteiger partial charge in [-0.25, -0.2) is 8.42 Å². The predicted octanol–water partition coefficient (Wildman–Crippen LogP) is 3.11. The summed E-state index contributed by atoms with van der Waals surface area (Å²) in [4.78, 5) is 27.9. The van der Waals surface area contributed by atoms with Gasteiger partial charge in [0.05, 0.1) is 16.0 Å². The van der Waals surface area contributed by atoms with E-state index >= 15 is 0 Å². The van der Waals surface area contributed by atoms with E-state index < -0.39 is 39.1 Å². The molecule has 11 heteroatoms. The van der Waals surface area contributed by atoms with E-state index in [4.69, 9.17) is 0 Å². The highest BCUT2D eigenvalue weighted by atomic mass is 32.2. The maximum absolute atomic E-state index is 13.5. The number of aromatic hydroxyl groups is 3. The van der Waals surface area contributed by atoms with E-state index in [1.165, 1.54) is 9.21 Å². The Hall–Kier alpha value is -4.09. The van der Waals surface area contributed by atoms with Gasteiger partial charge in [-0.05, 0) is 54.2 Å². The molecule has 2 aliphatic rings. The van der Waals surface area contributed by atoms with Gasteiger partial charge in [-0.15, -0.1) is 0 Å². The molecular weight excluding hydrogens is 534 g/mol. The number of nitrogens with zero attached hydrogens (tertiary/aromatic N) is 2. The van der Waals surface area contributed by atoms with Crippen LogP contribution in [-0.4, -0.2) is 64.4 Å². The summed E-state index contributed by atoms with van der Waals surface area (Å²) in [5.41, 5.74) is 1.69. The number of hydrogen-bond acceptors (Lipinski definition) is 7. The van der Waals surface area contributed by atoms with E-state index in [2.05, 4.69) is 5.32 Å². The molecule has 0 saturated carbocycles. The van der Waals surface area contributed by atoms with Crippen LogP contribution in [0.5, 0.6) is 17.2 Å². The smallest absolute Gasteiger partial charge is 0.258 e. The maximum Gasteiger partial charge on any atom is 0.258 e. The molecule has 1 fully saturated rings. The van der Waals surface area contributed by atoms with Gasteiger partial charge in [0.15, 0.2) is 11.5 Å². The summed E-state index contributed by atoms with van der Waals surface area (Å²) in [6, 6.07) is 15.1. The van der Waals surface area contributed by atoms with E-state index in [1.54, 1.807) is 30.3 Å². The fraction of sp³-hybridized carbons (Fsp3) is 0.310. The fourth-order valence-corrected chi connectivity index (χ4v) is 6.72. The number of sulfonamides is 1. The highest BCUT2D eigenvalue weighted by Gasteiger charge is 2.31. The first-order valence-electron chi connectivity index (χ1n) is 13.2. The Morgan fingerprint density at radius 3 is 2.23 bits per heavy atom. The Labute approximate surface area is 232 Å². The summed E-state index contributed by atoms with van der Waals surface area (Å²) in [7, 11) is -3.66. The average Bonchev–Trinajstić information content (AvgIpc) is 2.99. The topological polar surface area (TPSA) is 147 Å². The van der Waals surface area contributed by atoms with Gasteiger partial charge in [-0.3, -0.25) is 9.59 Å². The lowest BCUT2D eigenvalue weighted by molar-refractivity contribution is 0.0730. The van der Waals surface area contributed by atoms with Gasteiger partial charge in [0, 0.05) is 32.7 Å². The van der Waals surface area contributed by atoms with E-state index in [-0.39, 0.29) is 35.7 Å². The van der Waals surface area contributed by atoms with Crippen LogP contribution in [0, 0.1) is 0 Å². The second-order valence-corrected chi connectivity index (χ2v) is 12.0. The lowest BCUT2D eigenvalue weighted by Gasteiger charge is -2.30. The molecule has 210 valence electrons. The second kappa shape index (κ2) is 11.2. The minimum absolute atomic E-state index is 0.0775. The number of benzene rings is 3. The highest BCUT2D eigenvalue weighted by molar-refractivity contribution is 7.89. The number of phenols is 3. The van der Waals surface area contributed by atoms with Crippen LogP contribution < -0.4 is 5.32 Å². The molecule has 0 radical (unpaired) electrons. The van der Waals surface area contributed by atoms with E-state index in [0.717, 1.165) is 36.5 Å². The summed E-state index contributed by atoms with van der Waals surface area (Å²) in [6.07, 6.45) is 3.10. The molecule has 0 bridgehead atoms. The number of rotatable bonds is 6. The van der Waals surface area contributed by atoms with Crippen LogP contribution in [0.4, 0.5) is 0 Å². The molecular formula is C29H31N3O7S. The third-order valence-corrected chi connectivity index (χ3v) is 9.34. The molecule has 0 aliphatic carbocycles. The monoisotopic (exact) mass is 565 g/mol. The average molecular weight is 566 g/mol. The maximum atomic E-state index is 13.5. The normalized spacial score (nSPS) is 15.8. The van der Waals surface area contributed by atoms with Gasteiger partial charge in [0.1, 0.15) is 0 Å². The van der Waals surface area contributed by atoms with Gasteiger partial charge in [0.25, 0.3) is 11.8 Å². The van der Waals surface area contributed by atoms with Gasteiger partial charge in [-0.2, -0.15) is 4.31 Å². The molecule has 0 aromatic heterocycles. The second-order valence-electron chi connectivity index (χ2n) is 10.1. The summed E-state index contributed by atoms with van der Waals surface area (Å²) in [5.74, 6) is -4.05. The summed E-state index contributed by atoms with van der Waals surface area (Å²) >= 11 is 0. The van der Waals surface area contributed by atoms with Gasteiger partial charge >= 0.3 is 0 Å². The lowest BCUT2D eigenvalue weighted by atomic mass is 9.98. The molecule has 2 aliphatic heterocycles. The Balaban J connectivity index is 1.38. The Morgan fingerprint density at radius 2 is 1.50 bits per heavy atom. The molecule has 3 aromatic carbocycles. The highest BCUT2D eigenvalue weighted by Crippen LogP contribution is 2.41. The molecule has 4 N–H and O–H groups in total. The van der Waals surface area contributed by atoms with E-state index in [1.807, 2.05) is 18.2 Å². The van der Waals surface area contributed by atoms with Crippen molar-refractivity contribution in [1.82, 2.24) is 14.5 Å². The van der Waals surface area contributed by atoms with Crippen molar-refractivity contribution in [3.05, 3.63) is 82.4 Å². The fourth-order valence-electron chi connectivity index (χ4n) is 5.15. The molecule has 40 heavy (non-hydrogen) atoms. The Kier molecular flexibility index (Phi) is 7.68. The van der Waals surface area contributed by atoms with Crippen molar-refractivity contribution in [2.75, 3.05) is 19.6 Å². The molecule has 1 saturated heterocycles. The molecule has 2 heterocycles. The van der Waals surface area contributed by atoms with Crippen molar-refractivity contribution >= 4 is 21.8 Å². The van der Waals surface area contributed by atoms with Crippen molar-refractivity contribution in [3.8, 4) is 17.2 Å². The van der Waals surface area contributed by atoms with Crippen LogP contribution in [0.3, 0.4) is 0 Å². The molecule has 0 unspecified atom stereocenters. The third-order valence-electron chi connectivity index (χ3n) is 7.45. The van der Waals surface area contributed by atoms with Crippen LogP contribution >= 0.6 is 0 Å². The number of hydrogen-bond donors (Lipinski definition) is 4. The van der Waals surface area contributed by atoms with Crippen LogP contribution in [0.1, 0.15) is 56.7 Å². The number of piperidine rings is 1. The first-order valence-corrected chi connectivity index (χ1v) is 14.6. The molecule has 3 aromatic rings. The zero-order chi connectivity index (χ0) is 28.4. The SMILES string of the molecule is O=C(NCc1ccccc1)c1cc(C(=O)N2CCc3ccc(S(=O)(=O)N4CCCCC4)cc3C2)c(O)c(O)c1O. The van der Waals surface area contributed by atoms with Crippen molar-refractivity contribution < 1.29 is 33.3 Å². The van der Waals surface area contributed by atoms with Gasteiger partial charge in [-0.1, -0.05) is 42.8 Å². The van der Waals surface area contributed by atoms with Crippen molar-refractivity contribution in [2.24, 2.45) is 0 Å². The Bertz CT molecular complexity index is 1550. The van der Waals surface area contributed by atoms with Crippen molar-refractivity contribution in [3.63, 3.8) is 0 Å². The van der Waals surface area contributed by atoms with Gasteiger partial charge < -0.3 is 25.5 Å². The largest absolute Gasteiger partial charge is 0.504 e. The summed E-state index contributed by atoms with van der Waals surface area (Å²) in [5, 5.41) is 33.8. The van der Waals surface area contributed by atoms with Crippen molar-refractivity contribution in [1.29, 1.82) is 0 Å². The minimum atomic E-state index is -3.66.